The van der Waals surface area contributed by atoms with Gasteiger partial charge in [-0.2, -0.15) is 0 Å². The molecule has 0 aromatic heterocycles. The highest BCUT2D eigenvalue weighted by Gasteiger charge is 2.18. The normalized spacial score (nSPS) is 18.8. The number of rotatable bonds is 14. The van der Waals surface area contributed by atoms with E-state index in [4.69, 9.17) is 4.74 Å². The fraction of sp³-hybridized carbons (Fsp3) is 0.515. The Morgan fingerprint density at radius 2 is 1.32 bits per heavy atom. The number of hydrogen-bond donors (Lipinski definition) is 0. The molecule has 0 amide bonds. The molecule has 2 aromatic carbocycles. The first-order valence-corrected chi connectivity index (χ1v) is 13.8. The molecule has 34 heavy (non-hydrogen) atoms. The van der Waals surface area contributed by atoms with Crippen LogP contribution in [0.5, 0.6) is 0 Å². The van der Waals surface area contributed by atoms with Gasteiger partial charge in [0.15, 0.2) is 0 Å². The van der Waals surface area contributed by atoms with Crippen LogP contribution in [0.2, 0.25) is 0 Å². The number of hydrogen-bond acceptors (Lipinski definition) is 1. The highest BCUT2D eigenvalue weighted by atomic mass is 16.5. The molecule has 0 aliphatic heterocycles. The Kier molecular flexibility index (Phi) is 12.2. The van der Waals surface area contributed by atoms with Crippen LogP contribution in [0.4, 0.5) is 0 Å². The molecule has 3 rings (SSSR count). The highest BCUT2D eigenvalue weighted by Crippen LogP contribution is 2.32. The first-order chi connectivity index (χ1) is 16.8. The number of allylic oxidation sites excluding steroid dienone is 3. The molecule has 1 aliphatic carbocycles. The minimum Gasteiger partial charge on any atom is -0.373 e. The summed E-state index contributed by atoms with van der Waals surface area (Å²) in [5, 5.41) is 0. The third-order valence-electron chi connectivity index (χ3n) is 7.33. The first kappa shape index (κ1) is 26.5. The SMILES string of the molecule is CC=CCOCc1ccc(CCc2ccc(CCCC[C@H]3CC[C@H](C=CCC)CC3)cc2)cc1. The van der Waals surface area contributed by atoms with Crippen LogP contribution in [0.3, 0.4) is 0 Å². The van der Waals surface area contributed by atoms with E-state index in [0.717, 1.165) is 24.7 Å². The van der Waals surface area contributed by atoms with Crippen molar-refractivity contribution in [3.63, 3.8) is 0 Å². The predicted molar refractivity (Wildman–Crippen MR) is 147 cm³/mol. The zero-order valence-corrected chi connectivity index (χ0v) is 21.7. The molecule has 0 atom stereocenters. The summed E-state index contributed by atoms with van der Waals surface area (Å²) < 4.78 is 5.63. The number of ether oxygens (including phenoxy) is 1. The highest BCUT2D eigenvalue weighted by molar-refractivity contribution is 5.26. The topological polar surface area (TPSA) is 9.23 Å². The Balaban J connectivity index is 1.29. The van der Waals surface area contributed by atoms with E-state index in [1.165, 1.54) is 80.0 Å². The summed E-state index contributed by atoms with van der Waals surface area (Å²) in [4.78, 5) is 0. The molecule has 1 nitrogen and oxygen atoms in total. The van der Waals surface area contributed by atoms with Crippen LogP contribution in [-0.4, -0.2) is 6.61 Å². The second-order valence-electron chi connectivity index (χ2n) is 10.1. The van der Waals surface area contributed by atoms with Crippen molar-refractivity contribution in [3.05, 3.63) is 95.1 Å². The van der Waals surface area contributed by atoms with Crippen molar-refractivity contribution < 1.29 is 4.74 Å². The van der Waals surface area contributed by atoms with E-state index in [-0.39, 0.29) is 0 Å². The molecule has 184 valence electrons. The lowest BCUT2D eigenvalue weighted by Crippen LogP contribution is -2.13. The van der Waals surface area contributed by atoms with Gasteiger partial charge in [0.2, 0.25) is 0 Å². The lowest BCUT2D eigenvalue weighted by Gasteiger charge is -2.26. The largest absolute Gasteiger partial charge is 0.373 e. The monoisotopic (exact) mass is 458 g/mol. The summed E-state index contributed by atoms with van der Waals surface area (Å²) in [7, 11) is 0. The van der Waals surface area contributed by atoms with Gasteiger partial charge in [-0.1, -0.05) is 92.6 Å². The third kappa shape index (κ3) is 10.0. The minimum atomic E-state index is 0.684. The van der Waals surface area contributed by atoms with Crippen molar-refractivity contribution in [3.8, 4) is 0 Å². The maximum Gasteiger partial charge on any atom is 0.0721 e. The van der Waals surface area contributed by atoms with Crippen molar-refractivity contribution in [2.75, 3.05) is 6.61 Å². The van der Waals surface area contributed by atoms with Crippen molar-refractivity contribution >= 4 is 0 Å². The fourth-order valence-electron chi connectivity index (χ4n) is 5.06. The van der Waals surface area contributed by atoms with Crippen molar-refractivity contribution in [2.45, 2.75) is 91.1 Å². The van der Waals surface area contributed by atoms with Gasteiger partial charge in [-0.15, -0.1) is 0 Å². The van der Waals surface area contributed by atoms with Crippen LogP contribution in [-0.2, 0) is 30.6 Å². The molecule has 0 saturated heterocycles. The molecule has 1 saturated carbocycles. The molecule has 1 fully saturated rings. The molecular weight excluding hydrogens is 412 g/mol. The van der Waals surface area contributed by atoms with Crippen LogP contribution in [0, 0.1) is 11.8 Å². The van der Waals surface area contributed by atoms with Gasteiger partial charge in [0, 0.05) is 0 Å². The van der Waals surface area contributed by atoms with E-state index in [1.807, 2.05) is 19.1 Å². The maximum absolute atomic E-state index is 5.63. The van der Waals surface area contributed by atoms with Crippen molar-refractivity contribution in [1.82, 2.24) is 0 Å². The van der Waals surface area contributed by atoms with E-state index >= 15 is 0 Å². The van der Waals surface area contributed by atoms with Crippen LogP contribution >= 0.6 is 0 Å². The van der Waals surface area contributed by atoms with Gasteiger partial charge in [-0.3, -0.25) is 0 Å². The van der Waals surface area contributed by atoms with E-state index < -0.39 is 0 Å². The zero-order chi connectivity index (χ0) is 23.8. The van der Waals surface area contributed by atoms with Gasteiger partial charge in [-0.25, -0.2) is 0 Å². The average Bonchev–Trinajstić information content (AvgIpc) is 2.89. The molecular formula is C33H46O. The summed E-state index contributed by atoms with van der Waals surface area (Å²) in [5.74, 6) is 1.84. The molecule has 0 unspecified atom stereocenters. The van der Waals surface area contributed by atoms with E-state index in [1.54, 1.807) is 0 Å². The van der Waals surface area contributed by atoms with E-state index in [0.29, 0.717) is 13.2 Å². The maximum atomic E-state index is 5.63. The predicted octanol–water partition coefficient (Wildman–Crippen LogP) is 9.05. The Morgan fingerprint density at radius 3 is 1.91 bits per heavy atom. The third-order valence-corrected chi connectivity index (χ3v) is 7.33. The Labute approximate surface area is 209 Å². The Bertz CT molecular complexity index is 835. The number of unbranched alkanes of at least 4 members (excludes halogenated alkanes) is 1. The molecule has 0 radical (unpaired) electrons. The van der Waals surface area contributed by atoms with Gasteiger partial charge in [-0.05, 0) is 98.8 Å². The summed E-state index contributed by atoms with van der Waals surface area (Å²) in [6, 6.07) is 18.3. The molecule has 0 spiro atoms. The molecule has 1 heteroatoms. The molecule has 2 aromatic rings. The molecule has 0 bridgehead atoms. The first-order valence-electron chi connectivity index (χ1n) is 13.8. The average molecular weight is 459 g/mol. The van der Waals surface area contributed by atoms with Gasteiger partial charge < -0.3 is 4.74 Å². The summed E-state index contributed by atoms with van der Waals surface area (Å²) >= 11 is 0. The van der Waals surface area contributed by atoms with Gasteiger partial charge in [0.25, 0.3) is 0 Å². The molecule has 0 N–H and O–H groups in total. The van der Waals surface area contributed by atoms with E-state index in [9.17, 15) is 0 Å². The summed E-state index contributed by atoms with van der Waals surface area (Å²) in [6.45, 7) is 5.63. The zero-order valence-electron chi connectivity index (χ0n) is 21.7. The van der Waals surface area contributed by atoms with Gasteiger partial charge in [0.1, 0.15) is 0 Å². The molecule has 1 aliphatic rings. The summed E-state index contributed by atoms with van der Waals surface area (Å²) in [6.07, 6.45) is 23.4. The minimum absolute atomic E-state index is 0.684. The van der Waals surface area contributed by atoms with Gasteiger partial charge >= 0.3 is 0 Å². The fourth-order valence-corrected chi connectivity index (χ4v) is 5.06. The number of benzene rings is 2. The standard InChI is InChI=1S/C33H46O/c1-3-5-9-28-12-14-29(15-13-28)10-7-8-11-30-16-18-31(19-17-30)20-21-32-22-24-33(25-23-32)27-34-26-6-4-2/h4-6,9,16-19,22-25,28-29H,3,7-8,10-15,20-21,26-27H2,1-2H3/t28-,29-. The second-order valence-corrected chi connectivity index (χ2v) is 10.1. The van der Waals surface area contributed by atoms with Gasteiger partial charge in [0.05, 0.1) is 13.2 Å². The second kappa shape index (κ2) is 15.7. The quantitative estimate of drug-likeness (QED) is 0.203. The van der Waals surface area contributed by atoms with Crippen LogP contribution in [0.25, 0.3) is 0 Å². The molecule has 0 heterocycles. The van der Waals surface area contributed by atoms with Crippen LogP contribution in [0.1, 0.15) is 87.5 Å². The lowest BCUT2D eigenvalue weighted by atomic mass is 9.79. The van der Waals surface area contributed by atoms with Crippen LogP contribution < -0.4 is 0 Å². The van der Waals surface area contributed by atoms with Crippen LogP contribution in [0.15, 0.2) is 72.8 Å². The summed E-state index contributed by atoms with van der Waals surface area (Å²) in [5.41, 5.74) is 5.59. The van der Waals surface area contributed by atoms with Crippen molar-refractivity contribution in [2.24, 2.45) is 11.8 Å². The number of aryl methyl sites for hydroxylation is 3. The van der Waals surface area contributed by atoms with Crippen molar-refractivity contribution in [1.29, 1.82) is 0 Å². The Hall–Kier alpha value is -2.12. The van der Waals surface area contributed by atoms with E-state index in [2.05, 4.69) is 67.6 Å². The lowest BCUT2D eigenvalue weighted by molar-refractivity contribution is 0.148. The smallest absolute Gasteiger partial charge is 0.0721 e. The Morgan fingerprint density at radius 1 is 0.735 bits per heavy atom.